The molecule has 138 valence electrons. The second-order valence-corrected chi connectivity index (χ2v) is 5.83. The Bertz CT molecular complexity index is 964. The van der Waals surface area contributed by atoms with Crippen molar-refractivity contribution in [3.05, 3.63) is 77.1 Å². The molecule has 0 aliphatic carbocycles. The van der Waals surface area contributed by atoms with E-state index in [2.05, 4.69) is 20.6 Å². The van der Waals surface area contributed by atoms with E-state index in [1.165, 1.54) is 18.3 Å². The molecule has 1 amide bonds. The van der Waals surface area contributed by atoms with Crippen LogP contribution in [0.4, 0.5) is 30.5 Å². The molecule has 1 aromatic heterocycles. The van der Waals surface area contributed by atoms with E-state index in [1.807, 2.05) is 6.07 Å². The van der Waals surface area contributed by atoms with Gasteiger partial charge in [0.15, 0.2) is 0 Å². The maximum Gasteiger partial charge on any atom is 0.418 e. The first kappa shape index (κ1) is 18.7. The Hall–Kier alpha value is -3.13. The third kappa shape index (κ3) is 4.73. The fraction of sp³-hybridized carbons (Fsp3) is 0.0556. The fourth-order valence-corrected chi connectivity index (χ4v) is 2.41. The molecule has 5 nitrogen and oxygen atoms in total. The average molecular weight is 393 g/mol. The quantitative estimate of drug-likeness (QED) is 0.644. The number of carbonyl (C=O) groups excluding carboxylic acids is 1. The Morgan fingerprint density at radius 3 is 2.48 bits per heavy atom. The van der Waals surface area contributed by atoms with Crippen molar-refractivity contribution < 1.29 is 18.0 Å². The average Bonchev–Trinajstić information content (AvgIpc) is 2.63. The molecule has 0 radical (unpaired) electrons. The van der Waals surface area contributed by atoms with Crippen molar-refractivity contribution in [2.75, 3.05) is 10.6 Å². The number of hydrogen-bond donors (Lipinski definition) is 2. The zero-order chi connectivity index (χ0) is 19.4. The van der Waals surface area contributed by atoms with E-state index in [1.54, 1.807) is 24.3 Å². The summed E-state index contributed by atoms with van der Waals surface area (Å²) in [7, 11) is 0. The molecule has 2 N–H and O–H groups in total. The van der Waals surface area contributed by atoms with Gasteiger partial charge in [-0.15, -0.1) is 0 Å². The monoisotopic (exact) mass is 392 g/mol. The number of benzene rings is 2. The van der Waals surface area contributed by atoms with Crippen LogP contribution in [0.25, 0.3) is 0 Å². The van der Waals surface area contributed by atoms with Gasteiger partial charge in [-0.3, -0.25) is 4.79 Å². The molecule has 0 saturated heterocycles. The van der Waals surface area contributed by atoms with Crippen molar-refractivity contribution in [3.63, 3.8) is 0 Å². The molecule has 9 heteroatoms. The largest absolute Gasteiger partial charge is 0.418 e. The van der Waals surface area contributed by atoms with Crippen LogP contribution in [0.15, 0.2) is 60.8 Å². The summed E-state index contributed by atoms with van der Waals surface area (Å²) in [6, 6.07) is 13.4. The molecule has 0 atom stereocenters. The lowest BCUT2D eigenvalue weighted by Gasteiger charge is -2.14. The van der Waals surface area contributed by atoms with Crippen LogP contribution >= 0.6 is 11.6 Å². The van der Waals surface area contributed by atoms with Gasteiger partial charge in [-0.05, 0) is 36.4 Å². The topological polar surface area (TPSA) is 66.9 Å². The zero-order valence-corrected chi connectivity index (χ0v) is 14.3. The summed E-state index contributed by atoms with van der Waals surface area (Å²) in [4.78, 5) is 20.4. The van der Waals surface area contributed by atoms with Crippen LogP contribution in [0, 0.1) is 0 Å². The van der Waals surface area contributed by atoms with Crippen LogP contribution in [-0.2, 0) is 6.18 Å². The number of alkyl halides is 3. The van der Waals surface area contributed by atoms with Gasteiger partial charge in [0.1, 0.15) is 5.69 Å². The molecule has 0 saturated carbocycles. The minimum atomic E-state index is -4.67. The van der Waals surface area contributed by atoms with Crippen LogP contribution in [0.2, 0.25) is 5.02 Å². The second-order valence-electron chi connectivity index (χ2n) is 5.40. The van der Waals surface area contributed by atoms with Crippen LogP contribution < -0.4 is 10.6 Å². The standard InChI is InChI=1S/C18H12ClF3N4O/c19-11-6-7-14(13(10-11)18(20,21)22)25-16(27)15-8-9-23-17(26-15)24-12-4-2-1-3-5-12/h1-10H,(H,25,27)(H,23,24,26). The highest BCUT2D eigenvalue weighted by Gasteiger charge is 2.34. The lowest BCUT2D eigenvalue weighted by Crippen LogP contribution is -2.18. The van der Waals surface area contributed by atoms with Crippen LogP contribution in [0.1, 0.15) is 16.1 Å². The predicted octanol–water partition coefficient (Wildman–Crippen LogP) is 5.14. The van der Waals surface area contributed by atoms with Crippen molar-refractivity contribution in [3.8, 4) is 0 Å². The summed E-state index contributed by atoms with van der Waals surface area (Å²) in [5.74, 6) is -0.665. The normalized spacial score (nSPS) is 11.1. The molecule has 0 fully saturated rings. The summed E-state index contributed by atoms with van der Waals surface area (Å²) in [6.07, 6.45) is -3.33. The summed E-state index contributed by atoms with van der Waals surface area (Å²) in [6.45, 7) is 0. The van der Waals surface area contributed by atoms with Gasteiger partial charge in [0, 0.05) is 16.9 Å². The molecule has 0 spiro atoms. The maximum absolute atomic E-state index is 13.1. The summed E-state index contributed by atoms with van der Waals surface area (Å²) in [5.41, 5.74) is -0.841. The van der Waals surface area contributed by atoms with E-state index in [4.69, 9.17) is 11.6 Å². The van der Waals surface area contributed by atoms with E-state index >= 15 is 0 Å². The highest BCUT2D eigenvalue weighted by molar-refractivity contribution is 6.30. The van der Waals surface area contributed by atoms with Gasteiger partial charge in [0.2, 0.25) is 5.95 Å². The minimum absolute atomic E-state index is 0.0864. The van der Waals surface area contributed by atoms with Gasteiger partial charge in [-0.25, -0.2) is 9.97 Å². The molecule has 3 rings (SSSR count). The molecule has 2 aromatic carbocycles. The first-order valence-electron chi connectivity index (χ1n) is 7.66. The summed E-state index contributed by atoms with van der Waals surface area (Å²) < 4.78 is 39.4. The minimum Gasteiger partial charge on any atom is -0.324 e. The van der Waals surface area contributed by atoms with Crippen molar-refractivity contribution in [1.29, 1.82) is 0 Å². The zero-order valence-electron chi connectivity index (χ0n) is 13.6. The highest BCUT2D eigenvalue weighted by atomic mass is 35.5. The molecule has 1 heterocycles. The van der Waals surface area contributed by atoms with Gasteiger partial charge >= 0.3 is 6.18 Å². The number of carbonyl (C=O) groups is 1. The molecule has 0 aliphatic rings. The fourth-order valence-electron chi connectivity index (χ4n) is 2.24. The van der Waals surface area contributed by atoms with E-state index in [-0.39, 0.29) is 16.7 Å². The number of nitrogens with one attached hydrogen (secondary N) is 2. The van der Waals surface area contributed by atoms with Gasteiger partial charge in [0.05, 0.1) is 11.3 Å². The first-order chi connectivity index (χ1) is 12.8. The number of aromatic nitrogens is 2. The van der Waals surface area contributed by atoms with Crippen LogP contribution in [0.3, 0.4) is 0 Å². The summed E-state index contributed by atoms with van der Waals surface area (Å²) in [5, 5.41) is 5.04. The smallest absolute Gasteiger partial charge is 0.324 e. The van der Waals surface area contributed by atoms with Gasteiger partial charge in [-0.1, -0.05) is 29.8 Å². The molecule has 3 aromatic rings. The SMILES string of the molecule is O=C(Nc1ccc(Cl)cc1C(F)(F)F)c1ccnc(Nc2ccccc2)n1. The number of anilines is 3. The lowest BCUT2D eigenvalue weighted by atomic mass is 10.1. The molecular formula is C18H12ClF3N4O. The van der Waals surface area contributed by atoms with E-state index in [0.29, 0.717) is 5.69 Å². The Labute approximate surface area is 157 Å². The number of amides is 1. The molecule has 0 unspecified atom stereocenters. The maximum atomic E-state index is 13.1. The Kier molecular flexibility index (Phi) is 5.27. The van der Waals surface area contributed by atoms with Gasteiger partial charge in [0.25, 0.3) is 5.91 Å². The number of para-hydroxylation sites is 1. The number of nitrogens with zero attached hydrogens (tertiary/aromatic N) is 2. The van der Waals surface area contributed by atoms with Crippen LogP contribution in [0.5, 0.6) is 0 Å². The third-order valence-corrected chi connectivity index (χ3v) is 3.69. The van der Waals surface area contributed by atoms with Crippen molar-refractivity contribution in [2.24, 2.45) is 0 Å². The Balaban J connectivity index is 1.82. The number of rotatable bonds is 4. The van der Waals surface area contributed by atoms with E-state index < -0.39 is 23.3 Å². The highest BCUT2D eigenvalue weighted by Crippen LogP contribution is 2.36. The van der Waals surface area contributed by atoms with Gasteiger partial charge in [-0.2, -0.15) is 13.2 Å². The molecule has 0 bridgehead atoms. The first-order valence-corrected chi connectivity index (χ1v) is 8.04. The predicted molar refractivity (Wildman–Crippen MR) is 96.2 cm³/mol. The Morgan fingerprint density at radius 2 is 1.78 bits per heavy atom. The van der Waals surface area contributed by atoms with E-state index in [0.717, 1.165) is 12.1 Å². The number of halogens is 4. The summed E-state index contributed by atoms with van der Waals surface area (Å²) >= 11 is 5.63. The molecule has 27 heavy (non-hydrogen) atoms. The van der Waals surface area contributed by atoms with Crippen molar-refractivity contribution in [2.45, 2.75) is 6.18 Å². The third-order valence-electron chi connectivity index (χ3n) is 3.45. The van der Waals surface area contributed by atoms with E-state index in [9.17, 15) is 18.0 Å². The van der Waals surface area contributed by atoms with Gasteiger partial charge < -0.3 is 10.6 Å². The van der Waals surface area contributed by atoms with Crippen molar-refractivity contribution >= 4 is 34.8 Å². The second kappa shape index (κ2) is 7.63. The van der Waals surface area contributed by atoms with Crippen molar-refractivity contribution in [1.82, 2.24) is 9.97 Å². The van der Waals surface area contributed by atoms with Crippen LogP contribution in [-0.4, -0.2) is 15.9 Å². The molecule has 0 aliphatic heterocycles. The number of hydrogen-bond acceptors (Lipinski definition) is 4. The molecular weight excluding hydrogens is 381 g/mol. The Morgan fingerprint density at radius 1 is 1.04 bits per heavy atom. The lowest BCUT2D eigenvalue weighted by molar-refractivity contribution is -0.136.